The first-order valence-electron chi connectivity index (χ1n) is 10.2. The Morgan fingerprint density at radius 2 is 1.94 bits per heavy atom. The summed E-state index contributed by atoms with van der Waals surface area (Å²) in [6, 6.07) is 15.7. The molecule has 1 N–H and O–H groups in total. The highest BCUT2D eigenvalue weighted by molar-refractivity contribution is 6.13. The zero-order valence-corrected chi connectivity index (χ0v) is 17.5. The molecule has 0 saturated carbocycles. The molecule has 0 aliphatic carbocycles. The summed E-state index contributed by atoms with van der Waals surface area (Å²) in [4.78, 5) is 18.0. The zero-order chi connectivity index (χ0) is 22.9. The van der Waals surface area contributed by atoms with Crippen LogP contribution in [0.3, 0.4) is 0 Å². The number of para-hydroxylation sites is 1. The first kappa shape index (κ1) is 20.6. The Balaban J connectivity index is 1.52. The van der Waals surface area contributed by atoms with Gasteiger partial charge in [0, 0.05) is 16.5 Å². The third kappa shape index (κ3) is 3.98. The normalized spacial score (nSPS) is 11.1. The Kier molecular flexibility index (Phi) is 5.18. The molecule has 0 atom stereocenters. The van der Waals surface area contributed by atoms with Gasteiger partial charge in [0.25, 0.3) is 5.91 Å². The molecule has 0 aliphatic rings. The second-order valence-electron chi connectivity index (χ2n) is 7.57. The van der Waals surface area contributed by atoms with Gasteiger partial charge in [0.1, 0.15) is 23.1 Å². The molecule has 6 nitrogen and oxygen atoms in total. The standard InChI is InChI=1S/C25H18F2N4O2/c1-15-13-28-31(14-16-11-17(26)8-9-20(16)27)24(15)30-25(32)19-12-22(23-7-4-10-33-23)29-21-6-3-2-5-18(19)21/h2-13H,14H2,1H3,(H,30,32). The van der Waals surface area contributed by atoms with Crippen molar-refractivity contribution in [3.8, 4) is 11.5 Å². The highest BCUT2D eigenvalue weighted by atomic mass is 19.1. The Hall–Kier alpha value is -4.33. The summed E-state index contributed by atoms with van der Waals surface area (Å²) >= 11 is 0. The van der Waals surface area contributed by atoms with Crippen LogP contribution in [0.25, 0.3) is 22.4 Å². The number of fused-ring (bicyclic) bond motifs is 1. The Morgan fingerprint density at radius 1 is 1.09 bits per heavy atom. The lowest BCUT2D eigenvalue weighted by atomic mass is 10.1. The number of amides is 1. The summed E-state index contributed by atoms with van der Waals surface area (Å²) in [5.74, 6) is -0.549. The number of aromatic nitrogens is 3. The fraction of sp³-hybridized carbons (Fsp3) is 0.0800. The molecule has 0 unspecified atom stereocenters. The monoisotopic (exact) mass is 444 g/mol. The molecule has 5 rings (SSSR count). The van der Waals surface area contributed by atoms with Crippen molar-refractivity contribution in [2.75, 3.05) is 5.32 Å². The van der Waals surface area contributed by atoms with E-state index >= 15 is 0 Å². The molecule has 0 saturated heterocycles. The first-order chi connectivity index (χ1) is 16.0. The van der Waals surface area contributed by atoms with E-state index in [0.29, 0.717) is 39.3 Å². The summed E-state index contributed by atoms with van der Waals surface area (Å²) in [6.45, 7) is 1.74. The number of anilines is 1. The molecule has 0 spiro atoms. The van der Waals surface area contributed by atoms with Crippen LogP contribution in [0.15, 0.2) is 77.5 Å². The smallest absolute Gasteiger partial charge is 0.257 e. The van der Waals surface area contributed by atoms with Gasteiger partial charge < -0.3 is 9.73 Å². The zero-order valence-electron chi connectivity index (χ0n) is 17.5. The van der Waals surface area contributed by atoms with Crippen LogP contribution in [0.2, 0.25) is 0 Å². The minimum Gasteiger partial charge on any atom is -0.463 e. The van der Waals surface area contributed by atoms with Crippen LogP contribution in [0.1, 0.15) is 21.5 Å². The van der Waals surface area contributed by atoms with E-state index in [1.807, 2.05) is 24.3 Å². The van der Waals surface area contributed by atoms with Crippen LogP contribution in [0.4, 0.5) is 14.6 Å². The van der Waals surface area contributed by atoms with E-state index in [4.69, 9.17) is 4.42 Å². The number of nitrogens with zero attached hydrogens (tertiary/aromatic N) is 3. The minimum absolute atomic E-state index is 0.0399. The summed E-state index contributed by atoms with van der Waals surface area (Å²) in [5, 5.41) is 7.79. The molecule has 0 aliphatic heterocycles. The van der Waals surface area contributed by atoms with E-state index in [9.17, 15) is 13.6 Å². The van der Waals surface area contributed by atoms with Crippen molar-refractivity contribution < 1.29 is 18.0 Å². The maximum Gasteiger partial charge on any atom is 0.257 e. The molecule has 1 amide bonds. The summed E-state index contributed by atoms with van der Waals surface area (Å²) < 4.78 is 34.7. The van der Waals surface area contributed by atoms with Crippen LogP contribution in [0.5, 0.6) is 0 Å². The van der Waals surface area contributed by atoms with Gasteiger partial charge in [0.05, 0.1) is 30.1 Å². The van der Waals surface area contributed by atoms with Crippen molar-refractivity contribution in [2.45, 2.75) is 13.5 Å². The van der Waals surface area contributed by atoms with Crippen molar-refractivity contribution in [1.29, 1.82) is 0 Å². The lowest BCUT2D eigenvalue weighted by Crippen LogP contribution is -2.18. The quantitative estimate of drug-likeness (QED) is 0.384. The summed E-state index contributed by atoms with van der Waals surface area (Å²) in [6.07, 6.45) is 3.10. The number of nitrogens with one attached hydrogen (secondary N) is 1. The molecule has 5 aromatic rings. The highest BCUT2D eigenvalue weighted by Crippen LogP contribution is 2.27. The average Bonchev–Trinajstić information content (AvgIpc) is 3.47. The van der Waals surface area contributed by atoms with Crippen molar-refractivity contribution in [3.05, 3.63) is 101 Å². The lowest BCUT2D eigenvalue weighted by molar-refractivity contribution is 0.102. The number of pyridine rings is 1. The van der Waals surface area contributed by atoms with E-state index in [2.05, 4.69) is 15.4 Å². The third-order valence-electron chi connectivity index (χ3n) is 5.32. The predicted octanol–water partition coefficient (Wildman–Crippen LogP) is 5.58. The maximum absolute atomic E-state index is 14.2. The van der Waals surface area contributed by atoms with E-state index in [1.165, 1.54) is 4.68 Å². The second kappa shape index (κ2) is 8.31. The van der Waals surface area contributed by atoms with Gasteiger partial charge in [-0.2, -0.15) is 5.10 Å². The molecule has 3 aromatic heterocycles. The number of carbonyl (C=O) groups is 1. The number of carbonyl (C=O) groups excluding carboxylic acids is 1. The molecule has 8 heteroatoms. The van der Waals surface area contributed by atoms with Crippen molar-refractivity contribution >= 4 is 22.6 Å². The van der Waals surface area contributed by atoms with E-state index in [-0.39, 0.29) is 18.0 Å². The largest absolute Gasteiger partial charge is 0.463 e. The fourth-order valence-electron chi connectivity index (χ4n) is 3.68. The van der Waals surface area contributed by atoms with Crippen molar-refractivity contribution in [3.63, 3.8) is 0 Å². The van der Waals surface area contributed by atoms with Gasteiger partial charge in [0.2, 0.25) is 0 Å². The molecule has 0 radical (unpaired) electrons. The number of halogens is 2. The minimum atomic E-state index is -0.551. The Labute approximate surface area is 187 Å². The van der Waals surface area contributed by atoms with Gasteiger partial charge in [-0.1, -0.05) is 18.2 Å². The van der Waals surface area contributed by atoms with E-state index < -0.39 is 11.6 Å². The molecule has 0 bridgehead atoms. The molecule has 2 aromatic carbocycles. The summed E-state index contributed by atoms with van der Waals surface area (Å²) in [7, 11) is 0. The molecule has 164 valence electrons. The van der Waals surface area contributed by atoms with Gasteiger partial charge in [-0.05, 0) is 49.4 Å². The second-order valence-corrected chi connectivity index (χ2v) is 7.57. The van der Waals surface area contributed by atoms with Crippen molar-refractivity contribution in [1.82, 2.24) is 14.8 Å². The van der Waals surface area contributed by atoms with Crippen LogP contribution < -0.4 is 5.32 Å². The predicted molar refractivity (Wildman–Crippen MR) is 120 cm³/mol. The molecule has 3 heterocycles. The summed E-state index contributed by atoms with van der Waals surface area (Å²) in [5.41, 5.74) is 2.38. The van der Waals surface area contributed by atoms with Gasteiger partial charge in [0.15, 0.2) is 5.76 Å². The lowest BCUT2D eigenvalue weighted by Gasteiger charge is -2.13. The highest BCUT2D eigenvalue weighted by Gasteiger charge is 2.19. The van der Waals surface area contributed by atoms with Gasteiger partial charge in [-0.15, -0.1) is 0 Å². The number of furan rings is 1. The molecule has 0 fully saturated rings. The molecular weight excluding hydrogens is 426 g/mol. The number of aryl methyl sites for hydroxylation is 1. The number of rotatable bonds is 5. The Bertz CT molecular complexity index is 1480. The first-order valence-corrected chi connectivity index (χ1v) is 10.2. The van der Waals surface area contributed by atoms with Crippen molar-refractivity contribution in [2.24, 2.45) is 0 Å². The van der Waals surface area contributed by atoms with Crippen LogP contribution in [-0.2, 0) is 6.54 Å². The van der Waals surface area contributed by atoms with E-state index in [1.54, 1.807) is 37.6 Å². The third-order valence-corrected chi connectivity index (χ3v) is 5.32. The number of hydrogen-bond acceptors (Lipinski definition) is 4. The topological polar surface area (TPSA) is 73.0 Å². The number of benzene rings is 2. The average molecular weight is 444 g/mol. The molecule has 33 heavy (non-hydrogen) atoms. The number of hydrogen-bond donors (Lipinski definition) is 1. The van der Waals surface area contributed by atoms with Crippen LogP contribution in [-0.4, -0.2) is 20.7 Å². The van der Waals surface area contributed by atoms with Gasteiger partial charge >= 0.3 is 0 Å². The molecular formula is C25H18F2N4O2. The van der Waals surface area contributed by atoms with E-state index in [0.717, 1.165) is 18.2 Å². The maximum atomic E-state index is 14.2. The fourth-order valence-corrected chi connectivity index (χ4v) is 3.68. The SMILES string of the molecule is Cc1cnn(Cc2cc(F)ccc2F)c1NC(=O)c1cc(-c2ccco2)nc2ccccc12. The van der Waals surface area contributed by atoms with Gasteiger partial charge in [-0.3, -0.25) is 4.79 Å². The Morgan fingerprint density at radius 3 is 2.76 bits per heavy atom. The van der Waals surface area contributed by atoms with Gasteiger partial charge in [-0.25, -0.2) is 18.4 Å². The van der Waals surface area contributed by atoms with Crippen LogP contribution in [0, 0.1) is 18.6 Å². The van der Waals surface area contributed by atoms with Crippen LogP contribution >= 0.6 is 0 Å².